The number of non-ortho nitro benzene ring substituents is 1. The molecule has 1 aliphatic rings. The summed E-state index contributed by atoms with van der Waals surface area (Å²) in [6.45, 7) is 0. The molecular formula is C19H13N5O8S. The summed E-state index contributed by atoms with van der Waals surface area (Å²) >= 11 is 0.926. The molecule has 14 heteroatoms. The summed E-state index contributed by atoms with van der Waals surface area (Å²) in [5, 5.41) is 32.4. The second kappa shape index (κ2) is 10.1. The quantitative estimate of drug-likeness (QED) is 0.209. The predicted molar refractivity (Wildman–Crippen MR) is 117 cm³/mol. The molecule has 0 aromatic heterocycles. The van der Waals surface area contributed by atoms with Crippen molar-refractivity contribution in [3.05, 3.63) is 79.2 Å². The van der Waals surface area contributed by atoms with E-state index in [1.807, 2.05) is 0 Å². The van der Waals surface area contributed by atoms with E-state index in [1.165, 1.54) is 25.5 Å². The van der Waals surface area contributed by atoms with Crippen LogP contribution in [0.1, 0.15) is 5.56 Å². The van der Waals surface area contributed by atoms with E-state index < -0.39 is 33.1 Å². The van der Waals surface area contributed by atoms with Crippen LogP contribution in [0.4, 0.5) is 11.4 Å². The second-order valence-electron chi connectivity index (χ2n) is 6.08. The Balaban J connectivity index is 1.67. The summed E-state index contributed by atoms with van der Waals surface area (Å²) < 4.78 is 9.95. The lowest BCUT2D eigenvalue weighted by Crippen LogP contribution is -2.19. The fourth-order valence-electron chi connectivity index (χ4n) is 2.39. The zero-order valence-corrected chi connectivity index (χ0v) is 17.5. The molecule has 1 heterocycles. The van der Waals surface area contributed by atoms with Gasteiger partial charge in [-0.25, -0.2) is 4.79 Å². The summed E-state index contributed by atoms with van der Waals surface area (Å²) in [5.41, 5.74) is -0.362. The van der Waals surface area contributed by atoms with Gasteiger partial charge < -0.3 is 9.47 Å². The third-order valence-corrected chi connectivity index (χ3v) is 4.81. The third-order valence-electron chi connectivity index (χ3n) is 3.91. The minimum absolute atomic E-state index is 0.123. The number of nitro groups is 2. The maximum absolute atomic E-state index is 11.7. The van der Waals surface area contributed by atoms with Crippen LogP contribution in [0.5, 0.6) is 11.5 Å². The topological polar surface area (TPSA) is 176 Å². The van der Waals surface area contributed by atoms with Gasteiger partial charge in [-0.2, -0.15) is 5.10 Å². The van der Waals surface area contributed by atoms with Crippen molar-refractivity contribution in [3.8, 4) is 11.5 Å². The van der Waals surface area contributed by atoms with Gasteiger partial charge >= 0.3 is 11.7 Å². The van der Waals surface area contributed by atoms with Crippen LogP contribution in [0.25, 0.3) is 0 Å². The van der Waals surface area contributed by atoms with E-state index >= 15 is 0 Å². The van der Waals surface area contributed by atoms with E-state index in [0.717, 1.165) is 36.0 Å². The highest BCUT2D eigenvalue weighted by Crippen LogP contribution is 2.34. The number of carbonyl (C=O) groups excluding carboxylic acids is 2. The maximum atomic E-state index is 11.7. The highest BCUT2D eigenvalue weighted by molar-refractivity contribution is 8.18. The lowest BCUT2D eigenvalue weighted by molar-refractivity contribution is -0.394. The van der Waals surface area contributed by atoms with Crippen LogP contribution in [0.3, 0.4) is 0 Å². The summed E-state index contributed by atoms with van der Waals surface area (Å²) in [5.74, 6) is -1.06. The molecule has 0 aliphatic carbocycles. The Bertz CT molecular complexity index is 1220. The minimum atomic E-state index is -0.770. The molecular weight excluding hydrogens is 458 g/mol. The minimum Gasteiger partial charge on any atom is -0.466 e. The number of ether oxygens (including phenoxy) is 2. The van der Waals surface area contributed by atoms with Crippen LogP contribution >= 0.6 is 11.8 Å². The van der Waals surface area contributed by atoms with Crippen molar-refractivity contribution >= 4 is 46.4 Å². The first kappa shape index (κ1) is 23.1. The van der Waals surface area contributed by atoms with E-state index in [4.69, 9.17) is 4.74 Å². The van der Waals surface area contributed by atoms with Gasteiger partial charge in [0.05, 0.1) is 34.1 Å². The van der Waals surface area contributed by atoms with Gasteiger partial charge in [-0.15, -0.1) is 5.10 Å². The number of amides is 1. The number of esters is 1. The predicted octanol–water partition coefficient (Wildman–Crippen LogP) is 2.91. The summed E-state index contributed by atoms with van der Waals surface area (Å²) in [7, 11) is 1.19. The molecule has 1 fully saturated rings. The first-order valence-electron chi connectivity index (χ1n) is 8.87. The van der Waals surface area contributed by atoms with Crippen LogP contribution in [0.15, 0.2) is 63.6 Å². The number of benzene rings is 2. The van der Waals surface area contributed by atoms with Crippen molar-refractivity contribution in [2.24, 2.45) is 10.2 Å². The SMILES string of the molecule is COC(=O)/C=C1/S/C(=N\N=Cc2ccc(Oc3ccc([N+](=O)[O-])cc3[N+](=O)[O-])cc2)NC1=O. The molecule has 1 amide bonds. The van der Waals surface area contributed by atoms with Crippen LogP contribution in [0.2, 0.25) is 0 Å². The first-order chi connectivity index (χ1) is 15.8. The summed E-state index contributed by atoms with van der Waals surface area (Å²) in [6.07, 6.45) is 2.43. The van der Waals surface area contributed by atoms with E-state index in [0.29, 0.717) is 5.56 Å². The molecule has 2 aromatic carbocycles. The van der Waals surface area contributed by atoms with Crippen molar-refractivity contribution in [1.29, 1.82) is 0 Å². The van der Waals surface area contributed by atoms with E-state index in [2.05, 4.69) is 20.3 Å². The van der Waals surface area contributed by atoms with Gasteiger partial charge in [0.2, 0.25) is 5.75 Å². The Hall–Kier alpha value is -4.59. The van der Waals surface area contributed by atoms with Crippen molar-refractivity contribution < 1.29 is 28.9 Å². The monoisotopic (exact) mass is 471 g/mol. The average Bonchev–Trinajstić information content (AvgIpc) is 3.13. The number of hydrogen-bond donors (Lipinski definition) is 1. The number of carbonyl (C=O) groups is 2. The zero-order valence-electron chi connectivity index (χ0n) is 16.7. The number of thioether (sulfide) groups is 1. The Labute approximate surface area is 189 Å². The first-order valence-corrected chi connectivity index (χ1v) is 9.69. The average molecular weight is 471 g/mol. The maximum Gasteiger partial charge on any atom is 0.331 e. The molecule has 0 bridgehead atoms. The van der Waals surface area contributed by atoms with E-state index in [1.54, 1.807) is 12.1 Å². The Morgan fingerprint density at radius 1 is 1.12 bits per heavy atom. The molecule has 13 nitrogen and oxygen atoms in total. The normalized spacial score (nSPS) is 15.6. The van der Waals surface area contributed by atoms with Gasteiger partial charge in [-0.05, 0) is 47.7 Å². The Morgan fingerprint density at radius 2 is 1.85 bits per heavy atom. The number of methoxy groups -OCH3 is 1. The number of hydrogen-bond acceptors (Lipinski definition) is 11. The Morgan fingerprint density at radius 3 is 2.48 bits per heavy atom. The number of nitrogens with zero attached hydrogens (tertiary/aromatic N) is 4. The molecule has 1 aliphatic heterocycles. The molecule has 0 unspecified atom stereocenters. The van der Waals surface area contributed by atoms with Crippen molar-refractivity contribution in [1.82, 2.24) is 5.32 Å². The molecule has 0 atom stereocenters. The van der Waals surface area contributed by atoms with Gasteiger partial charge in [-0.1, -0.05) is 0 Å². The van der Waals surface area contributed by atoms with Crippen LogP contribution < -0.4 is 10.1 Å². The van der Waals surface area contributed by atoms with Crippen LogP contribution in [-0.2, 0) is 14.3 Å². The second-order valence-corrected chi connectivity index (χ2v) is 7.11. The molecule has 2 aromatic rings. The number of amidine groups is 1. The fraction of sp³-hybridized carbons (Fsp3) is 0.0526. The van der Waals surface area contributed by atoms with E-state index in [-0.39, 0.29) is 21.6 Å². The van der Waals surface area contributed by atoms with Crippen molar-refractivity contribution in [2.75, 3.05) is 7.11 Å². The van der Waals surface area contributed by atoms with Crippen LogP contribution in [0, 0.1) is 20.2 Å². The lowest BCUT2D eigenvalue weighted by atomic mass is 10.2. The number of nitro benzene ring substituents is 2. The molecule has 0 radical (unpaired) electrons. The highest BCUT2D eigenvalue weighted by atomic mass is 32.2. The fourth-order valence-corrected chi connectivity index (χ4v) is 3.13. The summed E-state index contributed by atoms with van der Waals surface area (Å²) in [4.78, 5) is 43.6. The van der Waals surface area contributed by atoms with Gasteiger partial charge in [0, 0.05) is 12.1 Å². The molecule has 33 heavy (non-hydrogen) atoms. The van der Waals surface area contributed by atoms with E-state index in [9.17, 15) is 29.8 Å². The molecule has 1 N–H and O–H groups in total. The lowest BCUT2D eigenvalue weighted by Gasteiger charge is -2.06. The van der Waals surface area contributed by atoms with Crippen molar-refractivity contribution in [2.45, 2.75) is 0 Å². The molecule has 168 valence electrons. The smallest absolute Gasteiger partial charge is 0.331 e. The zero-order chi connectivity index (χ0) is 24.0. The summed E-state index contributed by atoms with van der Waals surface area (Å²) in [6, 6.07) is 9.30. The largest absolute Gasteiger partial charge is 0.466 e. The van der Waals surface area contributed by atoms with Gasteiger partial charge in [0.1, 0.15) is 5.75 Å². The number of nitrogens with one attached hydrogen (secondary N) is 1. The standard InChI is InChI=1S/C19H13N5O8S/c1-31-17(25)9-16-18(26)21-19(33-16)22-20-10-11-2-5-13(6-3-11)32-15-7-4-12(23(27)28)8-14(15)24(29)30/h2-10H,1H3,(H,21,22,26)/b16-9+,20-10?. The molecule has 1 saturated heterocycles. The highest BCUT2D eigenvalue weighted by Gasteiger charge is 2.25. The molecule has 0 saturated carbocycles. The Kier molecular flexibility index (Phi) is 7.10. The molecule has 0 spiro atoms. The number of rotatable bonds is 7. The van der Waals surface area contributed by atoms with Gasteiger partial charge in [0.15, 0.2) is 5.17 Å². The van der Waals surface area contributed by atoms with Crippen molar-refractivity contribution in [3.63, 3.8) is 0 Å². The molecule has 3 rings (SSSR count). The third kappa shape index (κ3) is 5.98. The van der Waals surface area contributed by atoms with Gasteiger partial charge in [-0.3, -0.25) is 30.3 Å². The van der Waals surface area contributed by atoms with Crippen LogP contribution in [-0.4, -0.2) is 40.2 Å². The van der Waals surface area contributed by atoms with Gasteiger partial charge in [0.25, 0.3) is 11.6 Å².